The van der Waals surface area contributed by atoms with E-state index in [9.17, 15) is 27.8 Å². The van der Waals surface area contributed by atoms with Crippen LogP contribution in [0.25, 0.3) is 11.0 Å². The van der Waals surface area contributed by atoms with Crippen molar-refractivity contribution in [3.05, 3.63) is 46.9 Å². The van der Waals surface area contributed by atoms with E-state index >= 15 is 0 Å². The number of aromatic nitrogens is 3. The van der Waals surface area contributed by atoms with Crippen LogP contribution in [0.3, 0.4) is 0 Å². The minimum atomic E-state index is -3.04. The Morgan fingerprint density at radius 3 is 2.73 bits per heavy atom. The molecular formula is C21H21F4N5O3. The first-order valence-corrected chi connectivity index (χ1v) is 10.4. The largest absolute Gasteiger partial charge is 0.487 e. The van der Waals surface area contributed by atoms with Crippen LogP contribution < -0.4 is 15.8 Å². The molecule has 1 aromatic carbocycles. The molecular weight excluding hydrogens is 446 g/mol. The molecule has 12 heteroatoms. The molecule has 0 saturated heterocycles. The number of aliphatic hydroxyl groups is 2. The van der Waals surface area contributed by atoms with E-state index in [1.807, 2.05) is 0 Å². The average molecular weight is 467 g/mol. The molecule has 8 nitrogen and oxygen atoms in total. The van der Waals surface area contributed by atoms with Crippen molar-refractivity contribution in [1.82, 2.24) is 19.9 Å². The number of aliphatic hydroxyl groups excluding tert-OH is 2. The molecule has 5 rings (SSSR count). The molecule has 3 heterocycles. The third-order valence-corrected chi connectivity index (χ3v) is 6.38. The summed E-state index contributed by atoms with van der Waals surface area (Å²) in [5.41, 5.74) is 5.64. The number of nitrogens with two attached hydrogens (primary N) is 1. The quantitative estimate of drug-likeness (QED) is 0.434. The van der Waals surface area contributed by atoms with Gasteiger partial charge in [-0.2, -0.15) is 0 Å². The summed E-state index contributed by atoms with van der Waals surface area (Å²) in [5, 5.41) is 24.4. The van der Waals surface area contributed by atoms with E-state index in [0.717, 1.165) is 18.6 Å². The van der Waals surface area contributed by atoms with E-state index in [0.29, 0.717) is 12.1 Å². The zero-order valence-corrected chi connectivity index (χ0v) is 17.2. The number of alkyl halides is 2. The normalized spacial score (nSPS) is 25.1. The fourth-order valence-corrected chi connectivity index (χ4v) is 4.73. The lowest BCUT2D eigenvalue weighted by molar-refractivity contribution is -0.0168. The van der Waals surface area contributed by atoms with E-state index in [1.165, 1.54) is 4.57 Å². The van der Waals surface area contributed by atoms with Crippen molar-refractivity contribution in [3.63, 3.8) is 0 Å². The second-order valence-electron chi connectivity index (χ2n) is 8.24. The van der Waals surface area contributed by atoms with Gasteiger partial charge in [-0.3, -0.25) is 0 Å². The van der Waals surface area contributed by atoms with Gasteiger partial charge in [0.15, 0.2) is 5.82 Å². The minimum Gasteiger partial charge on any atom is -0.487 e. The summed E-state index contributed by atoms with van der Waals surface area (Å²) in [6.07, 6.45) is -4.36. The molecule has 4 atom stereocenters. The second kappa shape index (κ2) is 8.12. The predicted molar refractivity (Wildman–Crippen MR) is 109 cm³/mol. The van der Waals surface area contributed by atoms with Crippen molar-refractivity contribution < 1.29 is 32.5 Å². The Morgan fingerprint density at radius 1 is 1.18 bits per heavy atom. The molecule has 5 N–H and O–H groups in total. The van der Waals surface area contributed by atoms with Crippen molar-refractivity contribution in [2.45, 2.75) is 50.2 Å². The highest BCUT2D eigenvalue weighted by atomic mass is 19.3. The summed E-state index contributed by atoms with van der Waals surface area (Å²) < 4.78 is 63.2. The fraction of sp³-hybridized carbons (Fsp3) is 0.429. The van der Waals surface area contributed by atoms with Crippen molar-refractivity contribution in [2.75, 3.05) is 12.3 Å². The van der Waals surface area contributed by atoms with Gasteiger partial charge >= 0.3 is 0 Å². The van der Waals surface area contributed by atoms with Crippen molar-refractivity contribution in [2.24, 2.45) is 0 Å². The van der Waals surface area contributed by atoms with Crippen LogP contribution in [0.1, 0.15) is 35.6 Å². The Balaban J connectivity index is 1.49. The monoisotopic (exact) mass is 467 g/mol. The molecule has 1 aliphatic carbocycles. The lowest BCUT2D eigenvalue weighted by Gasteiger charge is -2.26. The number of hydrogen-bond acceptors (Lipinski definition) is 7. The van der Waals surface area contributed by atoms with Crippen LogP contribution in [0, 0.1) is 11.6 Å². The van der Waals surface area contributed by atoms with Gasteiger partial charge in [0.05, 0.1) is 17.0 Å². The Morgan fingerprint density at radius 2 is 1.97 bits per heavy atom. The van der Waals surface area contributed by atoms with Crippen LogP contribution in [0.15, 0.2) is 18.6 Å². The van der Waals surface area contributed by atoms with Gasteiger partial charge in [-0.1, -0.05) is 0 Å². The summed E-state index contributed by atoms with van der Waals surface area (Å²) in [6.45, 7) is 0.643. The van der Waals surface area contributed by atoms with Crippen LogP contribution in [-0.4, -0.2) is 49.6 Å². The van der Waals surface area contributed by atoms with Crippen LogP contribution >= 0.6 is 0 Å². The molecule has 33 heavy (non-hydrogen) atoms. The summed E-state index contributed by atoms with van der Waals surface area (Å²) in [4.78, 5) is 7.80. The Bertz CT molecular complexity index is 1220. The van der Waals surface area contributed by atoms with E-state index in [1.54, 1.807) is 0 Å². The summed E-state index contributed by atoms with van der Waals surface area (Å²) in [6, 6.07) is 0.104. The second-order valence-corrected chi connectivity index (χ2v) is 8.24. The van der Waals surface area contributed by atoms with Gasteiger partial charge in [0.1, 0.15) is 47.7 Å². The van der Waals surface area contributed by atoms with Crippen LogP contribution in [0.2, 0.25) is 0 Å². The Labute approximate surface area is 185 Å². The molecule has 4 unspecified atom stereocenters. The highest BCUT2D eigenvalue weighted by molar-refractivity contribution is 5.86. The Hall–Kier alpha value is -2.96. The van der Waals surface area contributed by atoms with E-state index in [2.05, 4.69) is 15.3 Å². The van der Waals surface area contributed by atoms with Crippen molar-refractivity contribution in [3.8, 4) is 5.75 Å². The first-order chi connectivity index (χ1) is 15.8. The molecule has 0 spiro atoms. The molecule has 0 bridgehead atoms. The average Bonchev–Trinajstić information content (AvgIpc) is 3.27. The molecule has 1 aliphatic heterocycles. The van der Waals surface area contributed by atoms with Gasteiger partial charge in [0.25, 0.3) is 6.43 Å². The van der Waals surface area contributed by atoms with Gasteiger partial charge < -0.3 is 30.6 Å². The van der Waals surface area contributed by atoms with Crippen LogP contribution in [0.5, 0.6) is 5.75 Å². The maximum absolute atomic E-state index is 14.6. The number of halogens is 4. The molecule has 2 aromatic heterocycles. The molecule has 3 aromatic rings. The number of anilines is 1. The summed E-state index contributed by atoms with van der Waals surface area (Å²) >= 11 is 0. The SMILES string of the molecule is Nc1ncnc2c1c(F)cn2C1CC(Oc2cc(C(F)F)c(F)c3c2CNCC3)C(O)C1O. The number of hydrogen-bond donors (Lipinski definition) is 4. The zero-order chi connectivity index (χ0) is 23.4. The highest BCUT2D eigenvalue weighted by Crippen LogP contribution is 2.40. The van der Waals surface area contributed by atoms with Gasteiger partial charge in [-0.15, -0.1) is 0 Å². The maximum atomic E-state index is 14.6. The van der Waals surface area contributed by atoms with Crippen molar-refractivity contribution in [1.29, 1.82) is 0 Å². The number of rotatable bonds is 4. The molecule has 0 radical (unpaired) electrons. The van der Waals surface area contributed by atoms with E-state index in [-0.39, 0.29) is 47.6 Å². The molecule has 2 aliphatic rings. The third-order valence-electron chi connectivity index (χ3n) is 6.38. The first-order valence-electron chi connectivity index (χ1n) is 10.4. The van der Waals surface area contributed by atoms with E-state index < -0.39 is 48.0 Å². The van der Waals surface area contributed by atoms with Gasteiger partial charge in [-0.25, -0.2) is 27.5 Å². The minimum absolute atomic E-state index is 0.0104. The molecule has 176 valence electrons. The van der Waals surface area contributed by atoms with Crippen LogP contribution in [0.4, 0.5) is 23.4 Å². The third kappa shape index (κ3) is 3.49. The van der Waals surface area contributed by atoms with Gasteiger partial charge in [-0.05, 0) is 24.6 Å². The smallest absolute Gasteiger partial charge is 0.266 e. The first kappa shape index (κ1) is 21.9. The van der Waals surface area contributed by atoms with E-state index in [4.69, 9.17) is 10.5 Å². The van der Waals surface area contributed by atoms with Crippen LogP contribution in [-0.2, 0) is 13.0 Å². The number of nitrogens with one attached hydrogen (secondary N) is 1. The maximum Gasteiger partial charge on any atom is 0.266 e. The number of benzene rings is 1. The topological polar surface area (TPSA) is 118 Å². The number of nitrogens with zero attached hydrogens (tertiary/aromatic N) is 3. The van der Waals surface area contributed by atoms with Gasteiger partial charge in [0.2, 0.25) is 0 Å². The number of fused-ring (bicyclic) bond motifs is 2. The predicted octanol–water partition coefficient (Wildman–Crippen LogP) is 1.99. The Kier molecular flexibility index (Phi) is 5.38. The van der Waals surface area contributed by atoms with Crippen molar-refractivity contribution >= 4 is 16.9 Å². The van der Waals surface area contributed by atoms with Gasteiger partial charge in [0, 0.05) is 24.7 Å². The highest BCUT2D eigenvalue weighted by Gasteiger charge is 2.45. The summed E-state index contributed by atoms with van der Waals surface area (Å²) in [5.74, 6) is -1.69. The molecule has 1 fully saturated rings. The number of nitrogen functional groups attached to an aromatic ring is 1. The zero-order valence-electron chi connectivity index (χ0n) is 17.2. The standard InChI is InChI=1S/C21H21F4N5O3/c22-11-6-30(21-15(11)20(26)28-7-29-21)12-4-14(18(32)17(12)31)33-13-3-9(19(24)25)16(23)8-1-2-27-5-10(8)13/h3,6-7,12,14,17-19,27,31-32H,1-2,4-5H2,(H2,26,28,29). The number of ether oxygens (including phenoxy) is 1. The lowest BCUT2D eigenvalue weighted by atomic mass is 9.96. The molecule has 1 saturated carbocycles. The lowest BCUT2D eigenvalue weighted by Crippen LogP contribution is -2.35. The summed E-state index contributed by atoms with van der Waals surface area (Å²) in [7, 11) is 0. The molecule has 0 amide bonds. The fourth-order valence-electron chi connectivity index (χ4n) is 4.73.